The van der Waals surface area contributed by atoms with Gasteiger partial charge in [0.2, 0.25) is 0 Å². The number of amides is 2. The van der Waals surface area contributed by atoms with E-state index in [4.69, 9.17) is 5.11 Å². The lowest BCUT2D eigenvalue weighted by Gasteiger charge is -2.29. The summed E-state index contributed by atoms with van der Waals surface area (Å²) in [6.07, 6.45) is 1.36. The average molecular weight is 257 g/mol. The van der Waals surface area contributed by atoms with Crippen LogP contribution in [0.4, 0.5) is 4.79 Å². The molecule has 0 aliphatic carbocycles. The van der Waals surface area contributed by atoms with E-state index in [0.717, 1.165) is 6.42 Å². The van der Waals surface area contributed by atoms with Crippen LogP contribution in [-0.2, 0) is 4.79 Å². The number of hydrogen-bond acceptors (Lipinski definition) is 3. The Hall–Kier alpha value is -1.30. The van der Waals surface area contributed by atoms with Gasteiger partial charge in [0.15, 0.2) is 0 Å². The molecule has 1 rings (SSSR count). The number of hydrogen-bond donors (Lipinski definition) is 1. The quantitative estimate of drug-likeness (QED) is 0.798. The fraction of sp³-hybridized carbons (Fsp3) is 0.833. The van der Waals surface area contributed by atoms with Gasteiger partial charge in [-0.2, -0.15) is 0 Å². The molecule has 1 aliphatic heterocycles. The van der Waals surface area contributed by atoms with Crippen LogP contribution in [-0.4, -0.2) is 78.1 Å². The van der Waals surface area contributed by atoms with Crippen LogP contribution in [0, 0.1) is 0 Å². The molecule has 0 saturated carbocycles. The van der Waals surface area contributed by atoms with Gasteiger partial charge in [0.1, 0.15) is 6.04 Å². The molecule has 0 aromatic carbocycles. The minimum atomic E-state index is -0.947. The van der Waals surface area contributed by atoms with Crippen molar-refractivity contribution in [2.75, 3.05) is 34.2 Å². The molecule has 0 bridgehead atoms. The molecule has 104 valence electrons. The third-order valence-electron chi connectivity index (χ3n) is 3.61. The van der Waals surface area contributed by atoms with Crippen LogP contribution in [0.15, 0.2) is 0 Å². The van der Waals surface area contributed by atoms with Crippen LogP contribution < -0.4 is 0 Å². The zero-order valence-corrected chi connectivity index (χ0v) is 11.6. The number of carboxylic acid groups (broad SMARTS) is 1. The molecule has 2 amide bonds. The molecule has 1 N–H and O–H groups in total. The summed E-state index contributed by atoms with van der Waals surface area (Å²) in [7, 11) is 5.55. The lowest BCUT2D eigenvalue weighted by molar-refractivity contribution is -0.142. The standard InChI is InChI=1S/C12H23N3O3/c1-5-10(11(16)17)14(4)12(18)15-7-6-9(8-15)13(2)3/h9-10H,5-8H2,1-4H3,(H,16,17). The van der Waals surface area contributed by atoms with Gasteiger partial charge in [-0.25, -0.2) is 9.59 Å². The van der Waals surface area contributed by atoms with Crippen molar-refractivity contribution in [2.45, 2.75) is 31.8 Å². The zero-order valence-electron chi connectivity index (χ0n) is 11.6. The first-order valence-corrected chi connectivity index (χ1v) is 6.29. The summed E-state index contributed by atoms with van der Waals surface area (Å²) in [6.45, 7) is 3.14. The fourth-order valence-electron chi connectivity index (χ4n) is 2.31. The van der Waals surface area contributed by atoms with Crippen molar-refractivity contribution in [2.24, 2.45) is 0 Å². The maximum absolute atomic E-state index is 12.2. The molecule has 18 heavy (non-hydrogen) atoms. The molecule has 6 heteroatoms. The van der Waals surface area contributed by atoms with E-state index in [2.05, 4.69) is 4.90 Å². The van der Waals surface area contributed by atoms with Gasteiger partial charge in [0.05, 0.1) is 0 Å². The Labute approximate surface area is 108 Å². The van der Waals surface area contributed by atoms with E-state index in [0.29, 0.717) is 25.6 Å². The van der Waals surface area contributed by atoms with Gasteiger partial charge in [0.25, 0.3) is 0 Å². The Bertz CT molecular complexity index is 320. The number of urea groups is 1. The van der Waals surface area contributed by atoms with Crippen molar-refractivity contribution in [3.63, 3.8) is 0 Å². The van der Waals surface area contributed by atoms with Gasteiger partial charge in [-0.15, -0.1) is 0 Å². The van der Waals surface area contributed by atoms with Crippen LogP contribution in [0.5, 0.6) is 0 Å². The molecule has 1 fully saturated rings. The maximum Gasteiger partial charge on any atom is 0.326 e. The second kappa shape index (κ2) is 6.04. The highest BCUT2D eigenvalue weighted by Gasteiger charge is 2.33. The van der Waals surface area contributed by atoms with Crippen LogP contribution in [0.3, 0.4) is 0 Å². The van der Waals surface area contributed by atoms with Crippen molar-refractivity contribution in [3.8, 4) is 0 Å². The number of carbonyl (C=O) groups excluding carboxylic acids is 1. The van der Waals surface area contributed by atoms with Crippen LogP contribution in [0.1, 0.15) is 19.8 Å². The van der Waals surface area contributed by atoms with Crippen LogP contribution in [0.25, 0.3) is 0 Å². The lowest BCUT2D eigenvalue weighted by Crippen LogP contribution is -2.48. The fourth-order valence-corrected chi connectivity index (χ4v) is 2.31. The number of likely N-dealkylation sites (N-methyl/N-ethyl adjacent to an activating group) is 2. The number of nitrogens with zero attached hydrogens (tertiary/aromatic N) is 3. The van der Waals surface area contributed by atoms with Gasteiger partial charge in [-0.3, -0.25) is 0 Å². The summed E-state index contributed by atoms with van der Waals surface area (Å²) in [4.78, 5) is 28.4. The van der Waals surface area contributed by atoms with Gasteiger partial charge in [-0.1, -0.05) is 6.92 Å². The monoisotopic (exact) mass is 257 g/mol. The summed E-state index contributed by atoms with van der Waals surface area (Å²) in [6, 6.07) is -0.559. The van der Waals surface area contributed by atoms with Gasteiger partial charge in [-0.05, 0) is 26.9 Å². The molecule has 0 spiro atoms. The zero-order chi connectivity index (χ0) is 13.9. The number of rotatable bonds is 4. The smallest absolute Gasteiger partial charge is 0.326 e. The SMILES string of the molecule is CCC(C(=O)O)N(C)C(=O)N1CCC(N(C)C)C1. The number of carboxylic acids is 1. The first kappa shape index (κ1) is 14.8. The minimum Gasteiger partial charge on any atom is -0.480 e. The molecule has 1 aliphatic rings. The van der Waals surface area contributed by atoms with Crippen molar-refractivity contribution < 1.29 is 14.7 Å². The second-order valence-electron chi connectivity index (χ2n) is 5.01. The van der Waals surface area contributed by atoms with Gasteiger partial charge >= 0.3 is 12.0 Å². The van der Waals surface area contributed by atoms with E-state index in [1.54, 1.807) is 18.9 Å². The highest BCUT2D eigenvalue weighted by Crippen LogP contribution is 2.16. The lowest BCUT2D eigenvalue weighted by atomic mass is 10.2. The molecule has 0 radical (unpaired) electrons. The highest BCUT2D eigenvalue weighted by molar-refractivity contribution is 5.82. The summed E-state index contributed by atoms with van der Waals surface area (Å²) < 4.78 is 0. The molecule has 6 nitrogen and oxygen atoms in total. The molecule has 1 heterocycles. The predicted molar refractivity (Wildman–Crippen MR) is 68.5 cm³/mol. The van der Waals surface area contributed by atoms with E-state index in [1.165, 1.54) is 4.90 Å². The van der Waals surface area contributed by atoms with Gasteiger partial charge < -0.3 is 19.8 Å². The Morgan fingerprint density at radius 2 is 2.00 bits per heavy atom. The number of likely N-dealkylation sites (tertiary alicyclic amines) is 1. The maximum atomic E-state index is 12.2. The van der Waals surface area contributed by atoms with E-state index in [-0.39, 0.29) is 6.03 Å². The molecule has 2 unspecified atom stereocenters. The van der Waals surface area contributed by atoms with E-state index >= 15 is 0 Å². The van der Waals surface area contributed by atoms with Crippen molar-refractivity contribution in [1.82, 2.24) is 14.7 Å². The topological polar surface area (TPSA) is 64.1 Å². The van der Waals surface area contributed by atoms with E-state index < -0.39 is 12.0 Å². The Kier molecular flexibility index (Phi) is 4.95. The molecular weight excluding hydrogens is 234 g/mol. The average Bonchev–Trinajstić information content (AvgIpc) is 2.77. The van der Waals surface area contributed by atoms with Crippen molar-refractivity contribution in [3.05, 3.63) is 0 Å². The molecule has 1 saturated heterocycles. The van der Waals surface area contributed by atoms with E-state index in [1.807, 2.05) is 14.1 Å². The van der Waals surface area contributed by atoms with E-state index in [9.17, 15) is 9.59 Å². The summed E-state index contributed by atoms with van der Waals surface area (Å²) in [5.41, 5.74) is 0. The minimum absolute atomic E-state index is 0.186. The predicted octanol–water partition coefficient (Wildman–Crippen LogP) is 0.537. The Morgan fingerprint density at radius 3 is 2.39 bits per heavy atom. The van der Waals surface area contributed by atoms with Crippen LogP contribution >= 0.6 is 0 Å². The largest absolute Gasteiger partial charge is 0.480 e. The Balaban J connectivity index is 2.62. The summed E-state index contributed by atoms with van der Waals surface area (Å²) in [5, 5.41) is 9.05. The first-order valence-electron chi connectivity index (χ1n) is 6.29. The Morgan fingerprint density at radius 1 is 1.39 bits per heavy atom. The molecule has 2 atom stereocenters. The summed E-state index contributed by atoms with van der Waals surface area (Å²) >= 11 is 0. The molecule has 0 aromatic heterocycles. The highest BCUT2D eigenvalue weighted by atomic mass is 16.4. The molecular formula is C12H23N3O3. The van der Waals surface area contributed by atoms with Crippen molar-refractivity contribution in [1.29, 1.82) is 0 Å². The summed E-state index contributed by atoms with van der Waals surface area (Å²) in [5.74, 6) is -0.947. The third kappa shape index (κ3) is 3.13. The van der Waals surface area contributed by atoms with Crippen molar-refractivity contribution >= 4 is 12.0 Å². The third-order valence-corrected chi connectivity index (χ3v) is 3.61. The van der Waals surface area contributed by atoms with Crippen LogP contribution in [0.2, 0.25) is 0 Å². The number of aliphatic carboxylic acids is 1. The molecule has 0 aromatic rings. The number of carbonyl (C=O) groups is 2. The second-order valence-corrected chi connectivity index (χ2v) is 5.01. The first-order chi connectivity index (χ1) is 8.38. The normalized spacial score (nSPS) is 21.2. The van der Waals surface area contributed by atoms with Gasteiger partial charge in [0, 0.05) is 26.2 Å².